The van der Waals surface area contributed by atoms with Gasteiger partial charge in [0.05, 0.1) is 21.3 Å². The number of amides is 1. The SMILES string of the molecule is COc1ccc2oc(-c3ccc(C)c(NC(=S)NC(=O)c4c(OC)cccc4OC)c3)nc2c1. The summed E-state index contributed by atoms with van der Waals surface area (Å²) in [5.41, 5.74) is 3.98. The smallest absolute Gasteiger partial charge is 0.264 e. The number of hydrogen-bond acceptors (Lipinski definition) is 7. The van der Waals surface area contributed by atoms with Crippen molar-refractivity contribution in [2.75, 3.05) is 26.6 Å². The van der Waals surface area contributed by atoms with Gasteiger partial charge in [-0.25, -0.2) is 4.98 Å². The van der Waals surface area contributed by atoms with E-state index < -0.39 is 5.91 Å². The first-order chi connectivity index (χ1) is 16.4. The van der Waals surface area contributed by atoms with Crippen LogP contribution in [-0.4, -0.2) is 37.3 Å². The quantitative estimate of drug-likeness (QED) is 0.377. The lowest BCUT2D eigenvalue weighted by atomic mass is 10.1. The van der Waals surface area contributed by atoms with Crippen molar-refractivity contribution >= 4 is 40.0 Å². The zero-order chi connectivity index (χ0) is 24.2. The summed E-state index contributed by atoms with van der Waals surface area (Å²) in [4.78, 5) is 17.5. The first-order valence-electron chi connectivity index (χ1n) is 10.3. The van der Waals surface area contributed by atoms with E-state index in [2.05, 4.69) is 15.6 Å². The van der Waals surface area contributed by atoms with E-state index in [1.54, 1.807) is 25.3 Å². The molecule has 0 radical (unpaired) electrons. The summed E-state index contributed by atoms with van der Waals surface area (Å²) in [5, 5.41) is 5.89. The number of nitrogens with one attached hydrogen (secondary N) is 2. The van der Waals surface area contributed by atoms with Crippen molar-refractivity contribution in [1.82, 2.24) is 10.3 Å². The summed E-state index contributed by atoms with van der Waals surface area (Å²) in [6.07, 6.45) is 0. The second kappa shape index (κ2) is 9.80. The number of anilines is 1. The fraction of sp³-hybridized carbons (Fsp3) is 0.160. The van der Waals surface area contributed by atoms with Gasteiger partial charge in [-0.15, -0.1) is 0 Å². The molecule has 1 amide bonds. The van der Waals surface area contributed by atoms with Crippen LogP contribution in [0.4, 0.5) is 5.69 Å². The Labute approximate surface area is 201 Å². The number of thiocarbonyl (C=S) groups is 1. The van der Waals surface area contributed by atoms with Gasteiger partial charge < -0.3 is 23.9 Å². The van der Waals surface area contributed by atoms with Crippen LogP contribution in [0.15, 0.2) is 59.0 Å². The van der Waals surface area contributed by atoms with Crippen LogP contribution in [0.1, 0.15) is 15.9 Å². The third kappa shape index (κ3) is 4.65. The average Bonchev–Trinajstić information content (AvgIpc) is 3.27. The lowest BCUT2D eigenvalue weighted by Crippen LogP contribution is -2.34. The fourth-order valence-electron chi connectivity index (χ4n) is 3.44. The topological polar surface area (TPSA) is 94.9 Å². The van der Waals surface area contributed by atoms with Crippen LogP contribution < -0.4 is 24.8 Å². The standard InChI is InChI=1S/C25H23N3O5S/c1-14-8-9-15(24-26-18-13-16(30-2)10-11-19(18)33-24)12-17(14)27-25(34)28-23(29)22-20(31-3)6-5-7-21(22)32-4/h5-13H,1-4H3,(H2,27,28,29,34). The molecule has 3 aromatic carbocycles. The predicted molar refractivity (Wildman–Crippen MR) is 134 cm³/mol. The third-order valence-electron chi connectivity index (χ3n) is 5.21. The summed E-state index contributed by atoms with van der Waals surface area (Å²) in [6, 6.07) is 16.2. The zero-order valence-corrected chi connectivity index (χ0v) is 19.9. The van der Waals surface area contributed by atoms with Crippen molar-refractivity contribution < 1.29 is 23.4 Å². The minimum absolute atomic E-state index is 0.125. The highest BCUT2D eigenvalue weighted by molar-refractivity contribution is 7.80. The third-order valence-corrected chi connectivity index (χ3v) is 5.41. The van der Waals surface area contributed by atoms with Crippen LogP contribution in [0.25, 0.3) is 22.6 Å². The van der Waals surface area contributed by atoms with E-state index in [1.165, 1.54) is 14.2 Å². The number of hydrogen-bond donors (Lipinski definition) is 2. The predicted octanol–water partition coefficient (Wildman–Crippen LogP) is 4.96. The van der Waals surface area contributed by atoms with Crippen LogP contribution in [0.3, 0.4) is 0 Å². The number of aryl methyl sites for hydroxylation is 1. The molecule has 0 atom stereocenters. The van der Waals surface area contributed by atoms with Crippen LogP contribution in [-0.2, 0) is 0 Å². The molecular weight excluding hydrogens is 454 g/mol. The van der Waals surface area contributed by atoms with Crippen LogP contribution >= 0.6 is 12.2 Å². The van der Waals surface area contributed by atoms with Gasteiger partial charge in [0.25, 0.3) is 5.91 Å². The number of aromatic nitrogens is 1. The summed E-state index contributed by atoms with van der Waals surface area (Å²) < 4.78 is 21.8. The molecule has 9 heteroatoms. The number of nitrogens with zero attached hydrogens (tertiary/aromatic N) is 1. The molecule has 34 heavy (non-hydrogen) atoms. The second-order valence-corrected chi connectivity index (χ2v) is 7.74. The molecule has 4 rings (SSSR count). The maximum atomic E-state index is 12.9. The number of ether oxygens (including phenoxy) is 3. The molecule has 0 unspecified atom stereocenters. The molecule has 1 aromatic heterocycles. The normalized spacial score (nSPS) is 10.6. The van der Waals surface area contributed by atoms with E-state index in [1.807, 2.05) is 43.3 Å². The monoisotopic (exact) mass is 477 g/mol. The maximum Gasteiger partial charge on any atom is 0.264 e. The first kappa shape index (κ1) is 23.1. The summed E-state index contributed by atoms with van der Waals surface area (Å²) in [7, 11) is 4.57. The molecule has 4 aromatic rings. The van der Waals surface area contributed by atoms with E-state index in [0.717, 1.165) is 11.1 Å². The largest absolute Gasteiger partial charge is 0.497 e. The lowest BCUT2D eigenvalue weighted by Gasteiger charge is -2.15. The average molecular weight is 478 g/mol. The molecule has 1 heterocycles. The van der Waals surface area contributed by atoms with E-state index >= 15 is 0 Å². The number of carbonyl (C=O) groups excluding carboxylic acids is 1. The van der Waals surface area contributed by atoms with Crippen molar-refractivity contribution in [3.63, 3.8) is 0 Å². The Morgan fingerprint density at radius 2 is 1.71 bits per heavy atom. The van der Waals surface area contributed by atoms with E-state index in [9.17, 15) is 4.79 Å². The van der Waals surface area contributed by atoms with E-state index in [-0.39, 0.29) is 10.7 Å². The van der Waals surface area contributed by atoms with E-state index in [0.29, 0.717) is 39.9 Å². The molecule has 0 aliphatic rings. The molecular formula is C25H23N3O5S. The van der Waals surface area contributed by atoms with Gasteiger partial charge in [0, 0.05) is 17.3 Å². The molecule has 8 nitrogen and oxygen atoms in total. The Hall–Kier alpha value is -4.11. The Kier molecular flexibility index (Phi) is 6.65. The second-order valence-electron chi connectivity index (χ2n) is 7.33. The van der Waals surface area contributed by atoms with Crippen LogP contribution in [0.5, 0.6) is 17.2 Å². The van der Waals surface area contributed by atoms with E-state index in [4.69, 9.17) is 30.8 Å². The number of oxazole rings is 1. The fourth-order valence-corrected chi connectivity index (χ4v) is 3.64. The molecule has 2 N–H and O–H groups in total. The first-order valence-corrected chi connectivity index (χ1v) is 10.7. The van der Waals surface area contributed by atoms with Gasteiger partial charge in [-0.05, 0) is 61.1 Å². The highest BCUT2D eigenvalue weighted by Gasteiger charge is 2.19. The van der Waals surface area contributed by atoms with Crippen molar-refractivity contribution in [3.05, 3.63) is 65.7 Å². The van der Waals surface area contributed by atoms with Gasteiger partial charge >= 0.3 is 0 Å². The minimum atomic E-state index is -0.450. The Balaban J connectivity index is 1.55. The van der Waals surface area contributed by atoms with Crippen molar-refractivity contribution in [2.45, 2.75) is 6.92 Å². The number of carbonyl (C=O) groups is 1. The Bertz CT molecular complexity index is 1360. The molecule has 0 aliphatic carbocycles. The zero-order valence-electron chi connectivity index (χ0n) is 19.1. The molecule has 174 valence electrons. The van der Waals surface area contributed by atoms with Gasteiger partial charge in [0.2, 0.25) is 5.89 Å². The van der Waals surface area contributed by atoms with Gasteiger partial charge in [0.1, 0.15) is 28.3 Å². The number of rotatable bonds is 6. The van der Waals surface area contributed by atoms with Crippen LogP contribution in [0.2, 0.25) is 0 Å². The van der Waals surface area contributed by atoms with Crippen molar-refractivity contribution in [1.29, 1.82) is 0 Å². The van der Waals surface area contributed by atoms with Gasteiger partial charge in [-0.1, -0.05) is 12.1 Å². The molecule has 0 fully saturated rings. The highest BCUT2D eigenvalue weighted by Crippen LogP contribution is 2.30. The maximum absolute atomic E-state index is 12.9. The highest BCUT2D eigenvalue weighted by atomic mass is 32.1. The number of benzene rings is 3. The van der Waals surface area contributed by atoms with Crippen molar-refractivity contribution in [2.24, 2.45) is 0 Å². The van der Waals surface area contributed by atoms with Crippen molar-refractivity contribution in [3.8, 4) is 28.7 Å². The minimum Gasteiger partial charge on any atom is -0.497 e. The van der Waals surface area contributed by atoms with Gasteiger partial charge in [-0.3, -0.25) is 10.1 Å². The Morgan fingerprint density at radius 3 is 2.38 bits per heavy atom. The number of methoxy groups -OCH3 is 3. The van der Waals surface area contributed by atoms with Gasteiger partial charge in [0.15, 0.2) is 10.7 Å². The summed E-state index contributed by atoms with van der Waals surface area (Å²) in [6.45, 7) is 1.93. The molecule has 0 bridgehead atoms. The Morgan fingerprint density at radius 1 is 0.971 bits per heavy atom. The molecule has 0 aliphatic heterocycles. The summed E-state index contributed by atoms with van der Waals surface area (Å²) in [5.74, 6) is 1.47. The molecule has 0 saturated carbocycles. The molecule has 0 spiro atoms. The summed E-state index contributed by atoms with van der Waals surface area (Å²) >= 11 is 5.39. The molecule has 0 saturated heterocycles. The number of fused-ring (bicyclic) bond motifs is 1. The lowest BCUT2D eigenvalue weighted by molar-refractivity contribution is 0.0971. The van der Waals surface area contributed by atoms with Crippen LogP contribution in [0, 0.1) is 6.92 Å². The van der Waals surface area contributed by atoms with Gasteiger partial charge in [-0.2, -0.15) is 0 Å².